The first-order valence-corrected chi connectivity index (χ1v) is 6.95. The molecule has 0 radical (unpaired) electrons. The SMILES string of the molecule is CCNC(CCC(C)(C)C)c1scnc1C. The maximum Gasteiger partial charge on any atom is 0.0798 e. The van der Waals surface area contributed by atoms with Crippen molar-refractivity contribution in [3.05, 3.63) is 16.1 Å². The van der Waals surface area contributed by atoms with E-state index in [9.17, 15) is 0 Å². The van der Waals surface area contributed by atoms with E-state index in [1.54, 1.807) is 11.3 Å². The Hall–Kier alpha value is -0.410. The van der Waals surface area contributed by atoms with Crippen molar-refractivity contribution in [3.63, 3.8) is 0 Å². The quantitative estimate of drug-likeness (QED) is 0.843. The first kappa shape index (κ1) is 13.7. The Labute approximate surface area is 103 Å². The smallest absolute Gasteiger partial charge is 0.0798 e. The molecule has 0 bridgehead atoms. The van der Waals surface area contributed by atoms with Crippen LogP contribution in [0.2, 0.25) is 0 Å². The van der Waals surface area contributed by atoms with Crippen LogP contribution in [-0.2, 0) is 0 Å². The third-order valence-corrected chi connectivity index (χ3v) is 3.78. The number of hydrogen-bond acceptors (Lipinski definition) is 3. The topological polar surface area (TPSA) is 24.9 Å². The molecule has 0 saturated carbocycles. The molecule has 1 atom stereocenters. The third kappa shape index (κ3) is 4.22. The second kappa shape index (κ2) is 5.78. The maximum atomic E-state index is 4.34. The van der Waals surface area contributed by atoms with Gasteiger partial charge in [0.15, 0.2) is 0 Å². The third-order valence-electron chi connectivity index (χ3n) is 2.73. The highest BCUT2D eigenvalue weighted by atomic mass is 32.1. The number of thiazole rings is 1. The monoisotopic (exact) mass is 240 g/mol. The van der Waals surface area contributed by atoms with Crippen LogP contribution >= 0.6 is 11.3 Å². The van der Waals surface area contributed by atoms with Crippen LogP contribution in [0, 0.1) is 12.3 Å². The van der Waals surface area contributed by atoms with Gasteiger partial charge in [0, 0.05) is 10.9 Å². The van der Waals surface area contributed by atoms with Crippen LogP contribution in [0.4, 0.5) is 0 Å². The zero-order chi connectivity index (χ0) is 12.2. The number of nitrogens with zero attached hydrogens (tertiary/aromatic N) is 1. The summed E-state index contributed by atoms with van der Waals surface area (Å²) in [5.41, 5.74) is 3.54. The predicted molar refractivity (Wildman–Crippen MR) is 72.0 cm³/mol. The van der Waals surface area contributed by atoms with Crippen molar-refractivity contribution in [3.8, 4) is 0 Å². The molecule has 0 aromatic carbocycles. The Morgan fingerprint density at radius 3 is 2.56 bits per heavy atom. The average molecular weight is 240 g/mol. The summed E-state index contributed by atoms with van der Waals surface area (Å²) in [6.07, 6.45) is 2.43. The van der Waals surface area contributed by atoms with Gasteiger partial charge in [-0.25, -0.2) is 4.98 Å². The van der Waals surface area contributed by atoms with Crippen LogP contribution in [-0.4, -0.2) is 11.5 Å². The van der Waals surface area contributed by atoms with Gasteiger partial charge < -0.3 is 5.32 Å². The molecule has 1 aromatic heterocycles. The fourth-order valence-electron chi connectivity index (χ4n) is 1.79. The lowest BCUT2D eigenvalue weighted by atomic mass is 9.88. The summed E-state index contributed by atoms with van der Waals surface area (Å²) in [5, 5.41) is 3.57. The molecule has 0 fully saturated rings. The van der Waals surface area contributed by atoms with E-state index in [-0.39, 0.29) is 0 Å². The van der Waals surface area contributed by atoms with E-state index in [1.165, 1.54) is 23.4 Å². The fraction of sp³-hybridized carbons (Fsp3) is 0.769. The summed E-state index contributed by atoms with van der Waals surface area (Å²) < 4.78 is 0. The predicted octanol–water partition coefficient (Wildman–Crippen LogP) is 3.93. The van der Waals surface area contributed by atoms with E-state index in [0.717, 1.165) is 6.54 Å². The highest BCUT2D eigenvalue weighted by molar-refractivity contribution is 7.09. The second-order valence-corrected chi connectivity index (χ2v) is 6.40. The molecule has 92 valence electrons. The minimum atomic E-state index is 0.409. The summed E-state index contributed by atoms with van der Waals surface area (Å²) >= 11 is 1.77. The van der Waals surface area contributed by atoms with Crippen LogP contribution < -0.4 is 5.32 Å². The summed E-state index contributed by atoms with van der Waals surface area (Å²) in [6.45, 7) is 12.2. The van der Waals surface area contributed by atoms with Crippen molar-refractivity contribution in [1.82, 2.24) is 10.3 Å². The van der Waals surface area contributed by atoms with E-state index in [0.29, 0.717) is 11.5 Å². The Bertz CT molecular complexity index is 312. The van der Waals surface area contributed by atoms with Gasteiger partial charge in [0.1, 0.15) is 0 Å². The van der Waals surface area contributed by atoms with Crippen LogP contribution in [0.3, 0.4) is 0 Å². The number of aromatic nitrogens is 1. The van der Waals surface area contributed by atoms with Crippen LogP contribution in [0.1, 0.15) is 57.1 Å². The molecular weight excluding hydrogens is 216 g/mol. The fourth-order valence-corrected chi connectivity index (χ4v) is 2.71. The minimum absolute atomic E-state index is 0.409. The maximum absolute atomic E-state index is 4.34. The standard InChI is InChI=1S/C13H24N2S/c1-6-14-11(7-8-13(3,4)5)12-10(2)15-9-16-12/h9,11,14H,6-8H2,1-5H3. The molecule has 0 aliphatic carbocycles. The van der Waals surface area contributed by atoms with Crippen LogP contribution in [0.25, 0.3) is 0 Å². The molecule has 0 spiro atoms. The summed E-state index contributed by atoms with van der Waals surface area (Å²) in [6, 6.07) is 0.483. The van der Waals surface area contributed by atoms with E-state index >= 15 is 0 Å². The van der Waals surface area contributed by atoms with Crippen LogP contribution in [0.15, 0.2) is 5.51 Å². The van der Waals surface area contributed by atoms with Crippen molar-refractivity contribution in [2.75, 3.05) is 6.54 Å². The minimum Gasteiger partial charge on any atom is -0.309 e. The van der Waals surface area contributed by atoms with Gasteiger partial charge in [-0.1, -0.05) is 27.7 Å². The summed E-state index contributed by atoms with van der Waals surface area (Å²) in [5.74, 6) is 0. The van der Waals surface area contributed by atoms with Crippen molar-refractivity contribution < 1.29 is 0 Å². The highest BCUT2D eigenvalue weighted by Gasteiger charge is 2.18. The summed E-state index contributed by atoms with van der Waals surface area (Å²) in [7, 11) is 0. The van der Waals surface area contributed by atoms with E-state index in [4.69, 9.17) is 0 Å². The van der Waals surface area contributed by atoms with Gasteiger partial charge in [-0.3, -0.25) is 0 Å². The molecular formula is C13H24N2S. The highest BCUT2D eigenvalue weighted by Crippen LogP contribution is 2.30. The molecule has 1 heterocycles. The lowest BCUT2D eigenvalue weighted by molar-refractivity contribution is 0.335. The van der Waals surface area contributed by atoms with E-state index < -0.39 is 0 Å². The van der Waals surface area contributed by atoms with E-state index in [2.05, 4.69) is 44.9 Å². The zero-order valence-corrected chi connectivity index (χ0v) is 11.9. The lowest BCUT2D eigenvalue weighted by Crippen LogP contribution is -2.22. The molecule has 1 unspecified atom stereocenters. The Balaban J connectivity index is 2.65. The molecule has 16 heavy (non-hydrogen) atoms. The Kier molecular flexibility index (Phi) is 4.93. The summed E-state index contributed by atoms with van der Waals surface area (Å²) in [4.78, 5) is 5.75. The van der Waals surface area contributed by atoms with Gasteiger partial charge >= 0.3 is 0 Å². The normalized spacial score (nSPS) is 14.1. The molecule has 1 rings (SSSR count). The van der Waals surface area contributed by atoms with E-state index in [1.807, 2.05) is 5.51 Å². The molecule has 1 N–H and O–H groups in total. The van der Waals surface area contributed by atoms with Gasteiger partial charge in [-0.15, -0.1) is 11.3 Å². The van der Waals surface area contributed by atoms with Crippen molar-refractivity contribution in [2.24, 2.45) is 5.41 Å². The molecule has 0 aliphatic rings. The van der Waals surface area contributed by atoms with Gasteiger partial charge in [-0.2, -0.15) is 0 Å². The van der Waals surface area contributed by atoms with Gasteiger partial charge in [0.25, 0.3) is 0 Å². The van der Waals surface area contributed by atoms with Gasteiger partial charge in [0.2, 0.25) is 0 Å². The van der Waals surface area contributed by atoms with Gasteiger partial charge in [0.05, 0.1) is 11.2 Å². The number of rotatable bonds is 5. The molecule has 1 aromatic rings. The van der Waals surface area contributed by atoms with Crippen molar-refractivity contribution in [1.29, 1.82) is 0 Å². The average Bonchev–Trinajstić information content (AvgIpc) is 2.57. The zero-order valence-electron chi connectivity index (χ0n) is 11.1. The first-order valence-electron chi connectivity index (χ1n) is 6.07. The Morgan fingerprint density at radius 2 is 2.12 bits per heavy atom. The van der Waals surface area contributed by atoms with Crippen molar-refractivity contribution >= 4 is 11.3 Å². The van der Waals surface area contributed by atoms with Gasteiger partial charge in [-0.05, 0) is 31.7 Å². The number of nitrogens with one attached hydrogen (secondary N) is 1. The largest absolute Gasteiger partial charge is 0.309 e. The number of hydrogen-bond donors (Lipinski definition) is 1. The Morgan fingerprint density at radius 1 is 1.44 bits per heavy atom. The van der Waals surface area contributed by atoms with Crippen molar-refractivity contribution in [2.45, 2.75) is 53.5 Å². The molecule has 0 aliphatic heterocycles. The lowest BCUT2D eigenvalue weighted by Gasteiger charge is -2.23. The first-order chi connectivity index (χ1) is 7.44. The molecule has 0 saturated heterocycles. The second-order valence-electron chi connectivity index (χ2n) is 5.51. The number of aryl methyl sites for hydroxylation is 1. The molecule has 2 nitrogen and oxygen atoms in total. The molecule has 0 amide bonds. The molecule has 3 heteroatoms. The van der Waals surface area contributed by atoms with Crippen LogP contribution in [0.5, 0.6) is 0 Å².